The molecule has 0 fully saturated rings. The van der Waals surface area contributed by atoms with Gasteiger partial charge in [-0.05, 0) is 19.8 Å². The van der Waals surface area contributed by atoms with Crippen molar-refractivity contribution >= 4 is 28.0 Å². The van der Waals surface area contributed by atoms with Gasteiger partial charge in [0.25, 0.3) is 0 Å². The molecule has 1 atom stereocenters. The third kappa shape index (κ3) is 6.92. The molecule has 0 saturated heterocycles. The third-order valence-corrected chi connectivity index (χ3v) is 9.24. The highest BCUT2D eigenvalue weighted by molar-refractivity contribution is 8.64. The highest BCUT2D eigenvalue weighted by atomic mass is 32.9. The Bertz CT molecular complexity index is 170. The van der Waals surface area contributed by atoms with Crippen molar-refractivity contribution in [1.29, 1.82) is 0 Å². The lowest BCUT2D eigenvalue weighted by Crippen LogP contribution is -2.09. The molecular formula is C8H20O2PS2+. The molecule has 5 heteroatoms. The molecule has 80 valence electrons. The molecule has 0 aromatic rings. The lowest BCUT2D eigenvalue weighted by molar-refractivity contribution is 0.501. The van der Waals surface area contributed by atoms with E-state index in [0.717, 1.165) is 17.9 Å². The van der Waals surface area contributed by atoms with Crippen LogP contribution in [0.15, 0.2) is 0 Å². The highest BCUT2D eigenvalue weighted by Gasteiger charge is 2.32. The van der Waals surface area contributed by atoms with Crippen molar-refractivity contribution in [2.75, 3.05) is 11.5 Å². The summed E-state index contributed by atoms with van der Waals surface area (Å²) in [6, 6.07) is 0. The topological polar surface area (TPSA) is 40.5 Å². The van der Waals surface area contributed by atoms with E-state index in [4.69, 9.17) is 11.8 Å². The summed E-state index contributed by atoms with van der Waals surface area (Å²) in [5.41, 5.74) is -2.96. The smallest absolute Gasteiger partial charge is 0.307 e. The molecule has 13 heavy (non-hydrogen) atoms. The first kappa shape index (κ1) is 13.9. The van der Waals surface area contributed by atoms with Crippen LogP contribution in [0.5, 0.6) is 0 Å². The SMILES string of the molecule is CCCCCC[S+](CC)P(O)(O)=S. The molecule has 0 radical (unpaired) electrons. The van der Waals surface area contributed by atoms with Crippen LogP contribution < -0.4 is 0 Å². The van der Waals surface area contributed by atoms with E-state index in [9.17, 15) is 9.79 Å². The molecule has 0 saturated carbocycles. The van der Waals surface area contributed by atoms with Crippen LogP contribution in [0.25, 0.3) is 0 Å². The largest absolute Gasteiger partial charge is 0.393 e. The monoisotopic (exact) mass is 243 g/mol. The van der Waals surface area contributed by atoms with E-state index in [1.54, 1.807) is 0 Å². The average molecular weight is 243 g/mol. The minimum absolute atomic E-state index is 0.315. The van der Waals surface area contributed by atoms with E-state index in [2.05, 4.69) is 6.92 Å². The number of hydrogen-bond donors (Lipinski definition) is 2. The molecule has 0 bridgehead atoms. The molecule has 1 unspecified atom stereocenters. The number of unbranched alkanes of at least 4 members (excludes halogenated alkanes) is 3. The van der Waals surface area contributed by atoms with Gasteiger partial charge in [-0.15, -0.1) is 0 Å². The zero-order valence-corrected chi connectivity index (χ0v) is 10.9. The van der Waals surface area contributed by atoms with Gasteiger partial charge in [0, 0.05) is 11.8 Å². The zero-order valence-electron chi connectivity index (χ0n) is 8.40. The van der Waals surface area contributed by atoms with Gasteiger partial charge in [0.15, 0.2) is 0 Å². The fourth-order valence-corrected chi connectivity index (χ4v) is 6.26. The second-order valence-corrected chi connectivity index (χ2v) is 11.2. The van der Waals surface area contributed by atoms with Gasteiger partial charge in [-0.1, -0.05) is 19.8 Å². The lowest BCUT2D eigenvalue weighted by atomic mass is 10.2. The van der Waals surface area contributed by atoms with Gasteiger partial charge in [0.1, 0.15) is 11.5 Å². The van der Waals surface area contributed by atoms with Gasteiger partial charge >= 0.3 is 5.69 Å². The van der Waals surface area contributed by atoms with Crippen LogP contribution in [0, 0.1) is 0 Å². The van der Waals surface area contributed by atoms with E-state index in [-0.39, 0.29) is 10.5 Å². The zero-order chi connectivity index (χ0) is 10.3. The molecule has 0 spiro atoms. The number of rotatable bonds is 7. The van der Waals surface area contributed by atoms with Crippen LogP contribution >= 0.6 is 5.69 Å². The maximum Gasteiger partial charge on any atom is 0.393 e. The highest BCUT2D eigenvalue weighted by Crippen LogP contribution is 2.46. The van der Waals surface area contributed by atoms with Crippen molar-refractivity contribution in [3.63, 3.8) is 0 Å². The third-order valence-electron chi connectivity index (χ3n) is 1.90. The Labute approximate surface area is 89.0 Å². The van der Waals surface area contributed by atoms with Gasteiger partial charge in [-0.2, -0.15) is 0 Å². The van der Waals surface area contributed by atoms with Gasteiger partial charge in [-0.3, -0.25) is 0 Å². The summed E-state index contributed by atoms with van der Waals surface area (Å²) in [6.45, 7) is 4.15. The minimum atomic E-state index is -2.96. The molecule has 2 N–H and O–H groups in total. The summed E-state index contributed by atoms with van der Waals surface area (Å²) in [7, 11) is -0.315. The first-order valence-electron chi connectivity index (χ1n) is 4.76. The fraction of sp³-hybridized carbons (Fsp3) is 1.00. The van der Waals surface area contributed by atoms with Crippen molar-refractivity contribution in [3.8, 4) is 0 Å². The molecule has 0 aliphatic heterocycles. The normalized spacial score (nSPS) is 14.5. The maximum atomic E-state index is 9.33. The van der Waals surface area contributed by atoms with Gasteiger partial charge in [0.05, 0.1) is 10.5 Å². The molecule has 0 heterocycles. The minimum Gasteiger partial charge on any atom is -0.307 e. The molecule has 0 aliphatic rings. The molecule has 0 aliphatic carbocycles. The summed E-state index contributed by atoms with van der Waals surface area (Å²) in [4.78, 5) is 18.7. The average Bonchev–Trinajstić information content (AvgIpc) is 2.02. The van der Waals surface area contributed by atoms with Gasteiger partial charge in [0.2, 0.25) is 0 Å². The maximum absolute atomic E-state index is 9.33. The van der Waals surface area contributed by atoms with E-state index in [1.807, 2.05) is 6.92 Å². The van der Waals surface area contributed by atoms with Gasteiger partial charge < -0.3 is 9.79 Å². The fourth-order valence-electron chi connectivity index (χ4n) is 1.13. The Morgan fingerprint density at radius 3 is 2.15 bits per heavy atom. The Morgan fingerprint density at radius 2 is 1.77 bits per heavy atom. The van der Waals surface area contributed by atoms with Crippen molar-refractivity contribution < 1.29 is 9.79 Å². The molecule has 0 amide bonds. The van der Waals surface area contributed by atoms with Crippen molar-refractivity contribution in [2.24, 2.45) is 0 Å². The van der Waals surface area contributed by atoms with Crippen molar-refractivity contribution in [3.05, 3.63) is 0 Å². The first-order valence-corrected chi connectivity index (χ1v) is 9.63. The summed E-state index contributed by atoms with van der Waals surface area (Å²) in [6.07, 6.45) is 4.73. The number of hydrogen-bond acceptors (Lipinski definition) is 1. The summed E-state index contributed by atoms with van der Waals surface area (Å²) >= 11 is 4.72. The van der Waals surface area contributed by atoms with Crippen LogP contribution in [0.4, 0.5) is 0 Å². The predicted molar refractivity (Wildman–Crippen MR) is 65.6 cm³/mol. The summed E-state index contributed by atoms with van der Waals surface area (Å²) < 4.78 is 0. The second kappa shape index (κ2) is 7.24. The first-order chi connectivity index (χ1) is 6.02. The molecule has 0 rings (SSSR count). The Kier molecular flexibility index (Phi) is 7.76. The van der Waals surface area contributed by atoms with E-state index in [1.165, 1.54) is 19.3 Å². The van der Waals surface area contributed by atoms with Crippen molar-refractivity contribution in [1.82, 2.24) is 0 Å². The molecule has 0 aromatic heterocycles. The Hall–Kier alpha value is 0.920. The molecular weight excluding hydrogens is 223 g/mol. The van der Waals surface area contributed by atoms with Crippen LogP contribution in [-0.2, 0) is 22.3 Å². The van der Waals surface area contributed by atoms with Crippen LogP contribution in [0.1, 0.15) is 39.5 Å². The van der Waals surface area contributed by atoms with Crippen LogP contribution in [0.3, 0.4) is 0 Å². The van der Waals surface area contributed by atoms with Crippen LogP contribution in [-0.4, -0.2) is 21.3 Å². The Balaban J connectivity index is 3.67. The second-order valence-electron chi connectivity index (χ2n) is 3.01. The van der Waals surface area contributed by atoms with E-state index < -0.39 is 5.69 Å². The van der Waals surface area contributed by atoms with Gasteiger partial charge in [-0.25, -0.2) is 0 Å². The lowest BCUT2D eigenvalue weighted by Gasteiger charge is -2.09. The summed E-state index contributed by atoms with van der Waals surface area (Å²) in [5.74, 6) is 1.72. The molecule has 0 aromatic carbocycles. The van der Waals surface area contributed by atoms with Crippen LogP contribution in [0.2, 0.25) is 0 Å². The van der Waals surface area contributed by atoms with E-state index >= 15 is 0 Å². The molecule has 2 nitrogen and oxygen atoms in total. The predicted octanol–water partition coefficient (Wildman–Crippen LogP) is 2.41. The Morgan fingerprint density at radius 1 is 1.15 bits per heavy atom. The standard InChI is InChI=1S/C8H19O2PS2/c1-3-5-6-7-8-13(4-2)11(9,10)12/h3-8H2,1-2H3,(H-,9,10,12)/p+1. The summed E-state index contributed by atoms with van der Waals surface area (Å²) in [5, 5.41) is 0. The van der Waals surface area contributed by atoms with Crippen molar-refractivity contribution in [2.45, 2.75) is 39.5 Å². The quantitative estimate of drug-likeness (QED) is 0.410. The van der Waals surface area contributed by atoms with E-state index in [0.29, 0.717) is 0 Å².